The van der Waals surface area contributed by atoms with Gasteiger partial charge in [-0.2, -0.15) is 0 Å². The molecular weight excluding hydrogens is 260 g/mol. The summed E-state index contributed by atoms with van der Waals surface area (Å²) in [6, 6.07) is 5.83. The van der Waals surface area contributed by atoms with Crippen molar-refractivity contribution in [1.29, 1.82) is 0 Å². The van der Waals surface area contributed by atoms with Crippen LogP contribution in [0.5, 0.6) is 0 Å². The highest BCUT2D eigenvalue weighted by Gasteiger charge is 2.08. The summed E-state index contributed by atoms with van der Waals surface area (Å²) in [5.41, 5.74) is 1.87. The smallest absolute Gasteiger partial charge is 0.330 e. The number of thioether (sulfide) groups is 1. The second-order valence-corrected chi connectivity index (χ2v) is 5.11. The first-order valence-electron chi connectivity index (χ1n) is 6.24. The third-order valence-corrected chi connectivity index (χ3v) is 3.62. The third-order valence-electron chi connectivity index (χ3n) is 2.59. The van der Waals surface area contributed by atoms with Gasteiger partial charge in [0.05, 0.1) is 12.9 Å². The van der Waals surface area contributed by atoms with Crippen molar-refractivity contribution in [1.82, 2.24) is 0 Å². The summed E-state index contributed by atoms with van der Waals surface area (Å²) in [6.07, 6.45) is 4.94. The summed E-state index contributed by atoms with van der Waals surface area (Å²) >= 11 is 1.74. The van der Waals surface area contributed by atoms with E-state index in [9.17, 15) is 4.79 Å². The zero-order valence-electron chi connectivity index (χ0n) is 11.0. The molecule has 19 heavy (non-hydrogen) atoms. The van der Waals surface area contributed by atoms with Gasteiger partial charge in [-0.25, -0.2) is 4.79 Å². The van der Waals surface area contributed by atoms with E-state index < -0.39 is 0 Å². The maximum Gasteiger partial charge on any atom is 0.330 e. The maximum atomic E-state index is 11.4. The Morgan fingerprint density at radius 3 is 2.95 bits per heavy atom. The molecule has 0 unspecified atom stereocenters. The SMILES string of the molecule is CCOC(=O)/C=C/c1ccc2occc2c1SCC. The Balaban J connectivity index is 2.36. The van der Waals surface area contributed by atoms with Crippen LogP contribution >= 0.6 is 11.8 Å². The number of benzene rings is 1. The number of esters is 1. The molecule has 0 aliphatic carbocycles. The van der Waals surface area contributed by atoms with Crippen LogP contribution in [0, 0.1) is 0 Å². The van der Waals surface area contributed by atoms with Crippen LogP contribution in [0.25, 0.3) is 17.0 Å². The van der Waals surface area contributed by atoms with Gasteiger partial charge in [0.25, 0.3) is 0 Å². The molecule has 1 heterocycles. The van der Waals surface area contributed by atoms with Crippen molar-refractivity contribution in [2.24, 2.45) is 0 Å². The first-order valence-corrected chi connectivity index (χ1v) is 7.22. The molecule has 4 heteroatoms. The van der Waals surface area contributed by atoms with Gasteiger partial charge in [-0.05, 0) is 36.4 Å². The van der Waals surface area contributed by atoms with E-state index in [0.717, 1.165) is 27.2 Å². The predicted octanol–water partition coefficient (Wildman–Crippen LogP) is 4.12. The number of rotatable bonds is 5. The number of carbonyl (C=O) groups is 1. The largest absolute Gasteiger partial charge is 0.464 e. The average molecular weight is 276 g/mol. The second kappa shape index (κ2) is 6.48. The lowest BCUT2D eigenvalue weighted by Crippen LogP contribution is -1.98. The van der Waals surface area contributed by atoms with E-state index in [1.807, 2.05) is 18.2 Å². The summed E-state index contributed by atoms with van der Waals surface area (Å²) < 4.78 is 10.3. The van der Waals surface area contributed by atoms with Gasteiger partial charge in [0, 0.05) is 16.4 Å². The van der Waals surface area contributed by atoms with Crippen LogP contribution in [-0.4, -0.2) is 18.3 Å². The average Bonchev–Trinajstić information content (AvgIpc) is 2.87. The van der Waals surface area contributed by atoms with E-state index in [1.165, 1.54) is 6.08 Å². The lowest BCUT2D eigenvalue weighted by Gasteiger charge is -2.05. The minimum absolute atomic E-state index is 0.317. The predicted molar refractivity (Wildman–Crippen MR) is 78.3 cm³/mol. The first-order chi connectivity index (χ1) is 9.26. The van der Waals surface area contributed by atoms with E-state index in [2.05, 4.69) is 6.92 Å². The molecule has 3 nitrogen and oxygen atoms in total. The van der Waals surface area contributed by atoms with Crippen molar-refractivity contribution in [3.63, 3.8) is 0 Å². The Hall–Kier alpha value is -1.68. The fourth-order valence-electron chi connectivity index (χ4n) is 1.82. The van der Waals surface area contributed by atoms with Crippen LogP contribution in [0.4, 0.5) is 0 Å². The minimum Gasteiger partial charge on any atom is -0.464 e. The standard InChI is InChI=1S/C15H16O3S/c1-3-17-14(16)8-6-11-5-7-13-12(9-10-18-13)15(11)19-4-2/h5-10H,3-4H2,1-2H3/b8-6+. The Morgan fingerprint density at radius 1 is 1.37 bits per heavy atom. The first kappa shape index (κ1) is 13.7. The quantitative estimate of drug-likeness (QED) is 0.468. The molecule has 100 valence electrons. The number of hydrogen-bond acceptors (Lipinski definition) is 4. The zero-order chi connectivity index (χ0) is 13.7. The molecule has 0 atom stereocenters. The van der Waals surface area contributed by atoms with Crippen LogP contribution in [-0.2, 0) is 9.53 Å². The van der Waals surface area contributed by atoms with E-state index >= 15 is 0 Å². The molecule has 0 spiro atoms. The van der Waals surface area contributed by atoms with E-state index in [0.29, 0.717) is 6.61 Å². The molecule has 0 amide bonds. The molecule has 0 aliphatic rings. The normalized spacial score (nSPS) is 11.3. The Bertz CT molecular complexity index is 598. The van der Waals surface area contributed by atoms with Crippen LogP contribution in [0.3, 0.4) is 0 Å². The number of hydrogen-bond donors (Lipinski definition) is 0. The molecule has 2 rings (SSSR count). The van der Waals surface area contributed by atoms with Crippen molar-refractivity contribution in [2.45, 2.75) is 18.7 Å². The fourth-order valence-corrected chi connectivity index (χ4v) is 2.73. The molecule has 0 saturated carbocycles. The van der Waals surface area contributed by atoms with Crippen LogP contribution in [0.2, 0.25) is 0 Å². The monoisotopic (exact) mass is 276 g/mol. The van der Waals surface area contributed by atoms with Crippen LogP contribution in [0.1, 0.15) is 19.4 Å². The molecule has 1 aromatic carbocycles. The van der Waals surface area contributed by atoms with Crippen LogP contribution < -0.4 is 0 Å². The van der Waals surface area contributed by atoms with E-state index in [1.54, 1.807) is 31.0 Å². The molecule has 0 N–H and O–H groups in total. The zero-order valence-corrected chi connectivity index (χ0v) is 11.8. The second-order valence-electron chi connectivity index (χ2n) is 3.83. The lowest BCUT2D eigenvalue weighted by molar-refractivity contribution is -0.137. The highest BCUT2D eigenvalue weighted by Crippen LogP contribution is 2.32. The number of ether oxygens (including phenoxy) is 1. The highest BCUT2D eigenvalue weighted by atomic mass is 32.2. The fraction of sp³-hybridized carbons (Fsp3) is 0.267. The molecule has 0 radical (unpaired) electrons. The van der Waals surface area contributed by atoms with Gasteiger partial charge in [-0.1, -0.05) is 13.0 Å². The molecule has 2 aromatic rings. The van der Waals surface area contributed by atoms with Gasteiger partial charge < -0.3 is 9.15 Å². The van der Waals surface area contributed by atoms with Gasteiger partial charge in [-0.3, -0.25) is 0 Å². The maximum absolute atomic E-state index is 11.4. The molecule has 1 aromatic heterocycles. The Labute approximate surface area is 116 Å². The van der Waals surface area contributed by atoms with Crippen molar-refractivity contribution >= 4 is 34.8 Å². The third kappa shape index (κ3) is 3.20. The Morgan fingerprint density at radius 2 is 2.21 bits per heavy atom. The Kier molecular flexibility index (Phi) is 4.68. The van der Waals surface area contributed by atoms with Gasteiger partial charge in [0.2, 0.25) is 0 Å². The number of furan rings is 1. The van der Waals surface area contributed by atoms with Crippen LogP contribution in [0.15, 0.2) is 39.9 Å². The number of carbonyl (C=O) groups excluding carboxylic acids is 1. The van der Waals surface area contributed by atoms with Gasteiger partial charge >= 0.3 is 5.97 Å². The highest BCUT2D eigenvalue weighted by molar-refractivity contribution is 7.99. The van der Waals surface area contributed by atoms with Crippen molar-refractivity contribution in [2.75, 3.05) is 12.4 Å². The number of fused-ring (bicyclic) bond motifs is 1. The summed E-state index contributed by atoms with van der Waals surface area (Å²) in [6.45, 7) is 4.28. The molecular formula is C15H16O3S. The van der Waals surface area contributed by atoms with Crippen molar-refractivity contribution in [3.8, 4) is 0 Å². The van der Waals surface area contributed by atoms with E-state index in [4.69, 9.17) is 9.15 Å². The van der Waals surface area contributed by atoms with Gasteiger partial charge in [0.1, 0.15) is 5.58 Å². The summed E-state index contributed by atoms with van der Waals surface area (Å²) in [4.78, 5) is 12.5. The topological polar surface area (TPSA) is 39.4 Å². The van der Waals surface area contributed by atoms with Gasteiger partial charge in [0.15, 0.2) is 0 Å². The van der Waals surface area contributed by atoms with Gasteiger partial charge in [-0.15, -0.1) is 11.8 Å². The van der Waals surface area contributed by atoms with Crippen molar-refractivity contribution in [3.05, 3.63) is 36.1 Å². The summed E-state index contributed by atoms with van der Waals surface area (Å²) in [5.74, 6) is 0.645. The molecule has 0 saturated heterocycles. The minimum atomic E-state index is -0.317. The summed E-state index contributed by atoms with van der Waals surface area (Å²) in [7, 11) is 0. The van der Waals surface area contributed by atoms with Crippen molar-refractivity contribution < 1.29 is 13.9 Å². The molecule has 0 fully saturated rings. The van der Waals surface area contributed by atoms with E-state index in [-0.39, 0.29) is 5.97 Å². The molecule has 0 bridgehead atoms. The lowest BCUT2D eigenvalue weighted by atomic mass is 10.1. The molecule has 0 aliphatic heterocycles. The summed E-state index contributed by atoms with van der Waals surface area (Å²) in [5, 5.41) is 1.08.